The molecule has 1 atom stereocenters. The van der Waals surface area contributed by atoms with Crippen molar-refractivity contribution in [1.82, 2.24) is 10.3 Å². The van der Waals surface area contributed by atoms with Gasteiger partial charge in [0.05, 0.1) is 0 Å². The molecule has 0 saturated carbocycles. The molecule has 0 aromatic carbocycles. The van der Waals surface area contributed by atoms with Crippen LogP contribution in [0.3, 0.4) is 0 Å². The summed E-state index contributed by atoms with van der Waals surface area (Å²) in [6.07, 6.45) is 1.96. The van der Waals surface area contributed by atoms with Crippen molar-refractivity contribution in [1.29, 1.82) is 0 Å². The van der Waals surface area contributed by atoms with Crippen molar-refractivity contribution >= 4 is 5.82 Å². The summed E-state index contributed by atoms with van der Waals surface area (Å²) in [6.45, 7) is 9.73. The average Bonchev–Trinajstić information content (AvgIpc) is 2.27. The van der Waals surface area contributed by atoms with Crippen LogP contribution in [0.15, 0.2) is 12.3 Å². The van der Waals surface area contributed by atoms with Gasteiger partial charge in [-0.1, -0.05) is 13.8 Å². The van der Waals surface area contributed by atoms with Crippen molar-refractivity contribution in [3.63, 3.8) is 0 Å². The number of anilines is 1. The molecule has 1 aromatic heterocycles. The van der Waals surface area contributed by atoms with E-state index in [0.29, 0.717) is 12.0 Å². The molecule has 96 valence electrons. The minimum absolute atomic E-state index is 0.497. The standard InChI is InChI=1S/C14H25N3/c1-10(2)12(4)17(6)14-11(3)7-13(8-15-5)9-16-14/h7,9-10,12,15H,8H2,1-6H3. The third-order valence-electron chi connectivity index (χ3n) is 3.40. The summed E-state index contributed by atoms with van der Waals surface area (Å²) in [4.78, 5) is 6.85. The number of aryl methyl sites for hydroxylation is 1. The molecule has 1 unspecified atom stereocenters. The summed E-state index contributed by atoms with van der Waals surface area (Å²) in [7, 11) is 4.08. The van der Waals surface area contributed by atoms with Gasteiger partial charge < -0.3 is 10.2 Å². The zero-order valence-corrected chi connectivity index (χ0v) is 11.9. The fraction of sp³-hybridized carbons (Fsp3) is 0.643. The van der Waals surface area contributed by atoms with Gasteiger partial charge in [0, 0.05) is 25.8 Å². The molecule has 0 fully saturated rings. The molecule has 17 heavy (non-hydrogen) atoms. The Labute approximate surface area is 105 Å². The molecule has 0 aliphatic heterocycles. The van der Waals surface area contributed by atoms with Gasteiger partial charge in [0.25, 0.3) is 0 Å². The molecule has 0 amide bonds. The summed E-state index contributed by atoms with van der Waals surface area (Å²) in [6, 6.07) is 2.71. The van der Waals surface area contributed by atoms with Crippen LogP contribution >= 0.6 is 0 Å². The maximum absolute atomic E-state index is 4.59. The third-order valence-corrected chi connectivity index (χ3v) is 3.40. The van der Waals surface area contributed by atoms with Gasteiger partial charge in [0.1, 0.15) is 5.82 Å². The first-order valence-electron chi connectivity index (χ1n) is 6.30. The lowest BCUT2D eigenvalue weighted by molar-refractivity contribution is 0.502. The number of pyridine rings is 1. The average molecular weight is 235 g/mol. The number of rotatable bonds is 5. The highest BCUT2D eigenvalue weighted by molar-refractivity contribution is 5.47. The van der Waals surface area contributed by atoms with Gasteiger partial charge in [-0.15, -0.1) is 0 Å². The predicted molar refractivity (Wildman–Crippen MR) is 74.4 cm³/mol. The molecule has 1 aromatic rings. The minimum Gasteiger partial charge on any atom is -0.357 e. The smallest absolute Gasteiger partial charge is 0.131 e. The number of nitrogens with zero attached hydrogens (tertiary/aromatic N) is 2. The van der Waals surface area contributed by atoms with Gasteiger partial charge in [-0.2, -0.15) is 0 Å². The molecule has 3 heteroatoms. The Morgan fingerprint density at radius 1 is 1.35 bits per heavy atom. The van der Waals surface area contributed by atoms with Crippen LogP contribution in [0.1, 0.15) is 31.9 Å². The van der Waals surface area contributed by atoms with Gasteiger partial charge in [-0.05, 0) is 44.0 Å². The molecule has 0 radical (unpaired) electrons. The number of nitrogens with one attached hydrogen (secondary N) is 1. The van der Waals surface area contributed by atoms with Crippen molar-refractivity contribution in [2.24, 2.45) is 5.92 Å². The van der Waals surface area contributed by atoms with Crippen molar-refractivity contribution in [2.75, 3.05) is 19.0 Å². The van der Waals surface area contributed by atoms with Crippen molar-refractivity contribution in [2.45, 2.75) is 40.3 Å². The monoisotopic (exact) mass is 235 g/mol. The molecule has 1 rings (SSSR count). The largest absolute Gasteiger partial charge is 0.357 e. The Balaban J connectivity index is 2.91. The van der Waals surface area contributed by atoms with Crippen LogP contribution in [0.5, 0.6) is 0 Å². The lowest BCUT2D eigenvalue weighted by atomic mass is 10.0. The number of hydrogen-bond donors (Lipinski definition) is 1. The summed E-state index contributed by atoms with van der Waals surface area (Å²) >= 11 is 0. The van der Waals surface area contributed by atoms with Crippen LogP contribution in [0.25, 0.3) is 0 Å². The summed E-state index contributed by atoms with van der Waals surface area (Å²) < 4.78 is 0. The normalized spacial score (nSPS) is 12.9. The Morgan fingerprint density at radius 2 is 2.00 bits per heavy atom. The summed E-state index contributed by atoms with van der Waals surface area (Å²) in [5.74, 6) is 1.71. The zero-order valence-electron chi connectivity index (χ0n) is 11.9. The van der Waals surface area contributed by atoms with E-state index in [1.807, 2.05) is 13.2 Å². The minimum atomic E-state index is 0.497. The highest BCUT2D eigenvalue weighted by Gasteiger charge is 2.16. The molecule has 3 nitrogen and oxygen atoms in total. The fourth-order valence-corrected chi connectivity index (χ4v) is 1.94. The summed E-state index contributed by atoms with van der Waals surface area (Å²) in [5.41, 5.74) is 2.48. The lowest BCUT2D eigenvalue weighted by Crippen LogP contribution is -2.34. The van der Waals surface area contributed by atoms with E-state index in [-0.39, 0.29) is 0 Å². The Morgan fingerprint density at radius 3 is 2.47 bits per heavy atom. The molecule has 0 bridgehead atoms. The first-order valence-corrected chi connectivity index (χ1v) is 6.30. The SMILES string of the molecule is CNCc1cnc(N(C)C(C)C(C)C)c(C)c1. The Bertz CT molecular complexity index is 360. The van der Waals surface area contributed by atoms with Crippen LogP contribution in [0.4, 0.5) is 5.82 Å². The zero-order chi connectivity index (χ0) is 13.0. The van der Waals surface area contributed by atoms with E-state index in [4.69, 9.17) is 0 Å². The second-order valence-electron chi connectivity index (χ2n) is 5.11. The highest BCUT2D eigenvalue weighted by Crippen LogP contribution is 2.21. The van der Waals surface area contributed by atoms with Gasteiger partial charge in [-0.3, -0.25) is 0 Å². The van der Waals surface area contributed by atoms with Crippen molar-refractivity contribution in [3.8, 4) is 0 Å². The number of aromatic nitrogens is 1. The Kier molecular flexibility index (Phi) is 4.94. The van der Waals surface area contributed by atoms with Crippen LogP contribution in [-0.4, -0.2) is 25.1 Å². The molecule has 1 N–H and O–H groups in total. The van der Waals surface area contributed by atoms with Crippen LogP contribution < -0.4 is 10.2 Å². The first kappa shape index (κ1) is 14.0. The van der Waals surface area contributed by atoms with E-state index in [0.717, 1.165) is 12.4 Å². The van der Waals surface area contributed by atoms with Crippen molar-refractivity contribution in [3.05, 3.63) is 23.4 Å². The second-order valence-corrected chi connectivity index (χ2v) is 5.11. The molecule has 0 aliphatic carbocycles. The topological polar surface area (TPSA) is 28.2 Å². The van der Waals surface area contributed by atoms with Gasteiger partial charge in [-0.25, -0.2) is 4.98 Å². The van der Waals surface area contributed by atoms with E-state index in [9.17, 15) is 0 Å². The Hall–Kier alpha value is -1.09. The van der Waals surface area contributed by atoms with E-state index in [2.05, 4.69) is 56.0 Å². The van der Waals surface area contributed by atoms with E-state index < -0.39 is 0 Å². The van der Waals surface area contributed by atoms with Gasteiger partial charge in [0.15, 0.2) is 0 Å². The molecular formula is C14H25N3. The lowest BCUT2D eigenvalue weighted by Gasteiger charge is -2.30. The second kappa shape index (κ2) is 6.01. The molecule has 0 spiro atoms. The maximum Gasteiger partial charge on any atom is 0.131 e. The maximum atomic E-state index is 4.59. The molecule has 0 saturated heterocycles. The number of hydrogen-bond acceptors (Lipinski definition) is 3. The van der Waals surface area contributed by atoms with Gasteiger partial charge in [0.2, 0.25) is 0 Å². The quantitative estimate of drug-likeness (QED) is 0.850. The molecule has 0 aliphatic rings. The van der Waals surface area contributed by atoms with E-state index in [1.54, 1.807) is 0 Å². The van der Waals surface area contributed by atoms with Crippen LogP contribution in [0, 0.1) is 12.8 Å². The molecule has 1 heterocycles. The van der Waals surface area contributed by atoms with Crippen molar-refractivity contribution < 1.29 is 0 Å². The predicted octanol–water partition coefficient (Wildman–Crippen LogP) is 2.59. The van der Waals surface area contributed by atoms with Crippen LogP contribution in [0.2, 0.25) is 0 Å². The fourth-order valence-electron chi connectivity index (χ4n) is 1.94. The molecular weight excluding hydrogens is 210 g/mol. The summed E-state index contributed by atoms with van der Waals surface area (Å²) in [5, 5.41) is 3.15. The van der Waals surface area contributed by atoms with Crippen LogP contribution in [-0.2, 0) is 6.54 Å². The van der Waals surface area contributed by atoms with E-state index in [1.165, 1.54) is 11.1 Å². The van der Waals surface area contributed by atoms with E-state index >= 15 is 0 Å². The third kappa shape index (κ3) is 3.43. The van der Waals surface area contributed by atoms with Gasteiger partial charge >= 0.3 is 0 Å². The highest BCUT2D eigenvalue weighted by atomic mass is 15.2. The first-order chi connectivity index (χ1) is 7.97.